The summed E-state index contributed by atoms with van der Waals surface area (Å²) in [5.74, 6) is -0.356. The standard InChI is InChI=1S/C9H20N4O3/c1-13(5-3-10)7-8(14)12-9(15)11-4-6-16-2/h3-7,10H2,1-2H3,(H2,11,12,14,15). The molecular weight excluding hydrogens is 212 g/mol. The van der Waals surface area contributed by atoms with Crippen molar-refractivity contribution in [2.24, 2.45) is 5.73 Å². The SMILES string of the molecule is COCCNC(=O)NC(=O)CN(C)CCN. The summed E-state index contributed by atoms with van der Waals surface area (Å²) in [4.78, 5) is 24.1. The van der Waals surface area contributed by atoms with Crippen LogP contribution in [-0.2, 0) is 9.53 Å². The van der Waals surface area contributed by atoms with E-state index in [1.54, 1.807) is 11.9 Å². The normalized spacial score (nSPS) is 10.2. The third-order valence-corrected chi connectivity index (χ3v) is 1.77. The van der Waals surface area contributed by atoms with Crippen LogP contribution < -0.4 is 16.4 Å². The number of urea groups is 1. The van der Waals surface area contributed by atoms with Crippen LogP contribution in [0.3, 0.4) is 0 Å². The summed E-state index contributed by atoms with van der Waals surface area (Å²) < 4.78 is 4.74. The monoisotopic (exact) mass is 232 g/mol. The van der Waals surface area contributed by atoms with Gasteiger partial charge in [0.2, 0.25) is 5.91 Å². The Labute approximate surface area is 95.3 Å². The maximum absolute atomic E-state index is 11.3. The lowest BCUT2D eigenvalue weighted by Crippen LogP contribution is -2.45. The van der Waals surface area contributed by atoms with Gasteiger partial charge in [-0.1, -0.05) is 0 Å². The van der Waals surface area contributed by atoms with Crippen molar-refractivity contribution in [2.45, 2.75) is 0 Å². The second-order valence-corrected chi connectivity index (χ2v) is 3.32. The van der Waals surface area contributed by atoms with Crippen LogP contribution in [-0.4, -0.2) is 63.8 Å². The average Bonchev–Trinajstić information content (AvgIpc) is 2.17. The summed E-state index contributed by atoms with van der Waals surface area (Å²) in [6, 6.07) is -0.511. The van der Waals surface area contributed by atoms with Gasteiger partial charge in [-0.25, -0.2) is 4.79 Å². The van der Waals surface area contributed by atoms with Crippen molar-refractivity contribution in [1.29, 1.82) is 0 Å². The summed E-state index contributed by atoms with van der Waals surface area (Å²) in [7, 11) is 3.29. The molecule has 0 saturated carbocycles. The van der Waals surface area contributed by atoms with Gasteiger partial charge in [-0.05, 0) is 7.05 Å². The van der Waals surface area contributed by atoms with Crippen LogP contribution in [0.4, 0.5) is 4.79 Å². The fraction of sp³-hybridized carbons (Fsp3) is 0.778. The summed E-state index contributed by atoms with van der Waals surface area (Å²) in [6.45, 7) is 2.01. The molecule has 3 amide bonds. The number of carbonyl (C=O) groups is 2. The van der Waals surface area contributed by atoms with Crippen LogP contribution in [0.15, 0.2) is 0 Å². The number of carbonyl (C=O) groups excluding carboxylic acids is 2. The highest BCUT2D eigenvalue weighted by Crippen LogP contribution is 1.80. The predicted octanol–water partition coefficient (Wildman–Crippen LogP) is -1.65. The fourth-order valence-electron chi connectivity index (χ4n) is 1.02. The Morgan fingerprint density at radius 3 is 2.69 bits per heavy atom. The molecule has 4 N–H and O–H groups in total. The first-order chi connectivity index (χ1) is 7.60. The van der Waals surface area contributed by atoms with Crippen molar-refractivity contribution in [1.82, 2.24) is 15.5 Å². The molecule has 0 saturated heterocycles. The van der Waals surface area contributed by atoms with Gasteiger partial charge in [-0.15, -0.1) is 0 Å². The summed E-state index contributed by atoms with van der Waals surface area (Å²) in [5.41, 5.74) is 5.32. The minimum Gasteiger partial charge on any atom is -0.383 e. The first kappa shape index (κ1) is 14.8. The number of ether oxygens (including phenoxy) is 1. The molecule has 0 unspecified atom stereocenters. The number of nitrogens with two attached hydrogens (primary N) is 1. The minimum absolute atomic E-state index is 0.148. The van der Waals surface area contributed by atoms with Gasteiger partial charge >= 0.3 is 6.03 Å². The first-order valence-electron chi connectivity index (χ1n) is 5.05. The largest absolute Gasteiger partial charge is 0.383 e. The molecule has 0 spiro atoms. The van der Waals surface area contributed by atoms with E-state index in [0.717, 1.165) is 0 Å². The van der Waals surface area contributed by atoms with Crippen LogP contribution in [0.5, 0.6) is 0 Å². The predicted molar refractivity (Wildman–Crippen MR) is 60.0 cm³/mol. The van der Waals surface area contributed by atoms with E-state index >= 15 is 0 Å². The van der Waals surface area contributed by atoms with Crippen molar-refractivity contribution in [3.8, 4) is 0 Å². The lowest BCUT2D eigenvalue weighted by molar-refractivity contribution is -0.120. The highest BCUT2D eigenvalue weighted by molar-refractivity contribution is 5.95. The number of amides is 3. The molecular formula is C9H20N4O3. The number of hydrogen-bond donors (Lipinski definition) is 3. The molecule has 0 bridgehead atoms. The zero-order valence-electron chi connectivity index (χ0n) is 9.78. The molecule has 16 heavy (non-hydrogen) atoms. The third kappa shape index (κ3) is 8.16. The Hall–Kier alpha value is -1.18. The van der Waals surface area contributed by atoms with E-state index in [4.69, 9.17) is 10.5 Å². The van der Waals surface area contributed by atoms with Crippen molar-refractivity contribution >= 4 is 11.9 Å². The lowest BCUT2D eigenvalue weighted by atomic mass is 10.5. The molecule has 0 radical (unpaired) electrons. The summed E-state index contributed by atoms with van der Waals surface area (Å²) in [6.07, 6.45) is 0. The minimum atomic E-state index is -0.511. The van der Waals surface area contributed by atoms with Crippen LogP contribution in [0, 0.1) is 0 Å². The second kappa shape index (κ2) is 9.08. The molecule has 0 rings (SSSR count). The number of nitrogens with zero attached hydrogens (tertiary/aromatic N) is 1. The van der Waals surface area contributed by atoms with Gasteiger partial charge in [0.05, 0.1) is 13.2 Å². The van der Waals surface area contributed by atoms with Gasteiger partial charge in [0, 0.05) is 26.7 Å². The Morgan fingerprint density at radius 1 is 1.44 bits per heavy atom. The molecule has 94 valence electrons. The average molecular weight is 232 g/mol. The van der Waals surface area contributed by atoms with Crippen molar-refractivity contribution in [2.75, 3.05) is 46.9 Å². The van der Waals surface area contributed by atoms with Gasteiger partial charge in [-0.3, -0.25) is 15.0 Å². The number of methoxy groups -OCH3 is 1. The summed E-state index contributed by atoms with van der Waals surface area (Å²) in [5, 5.41) is 4.68. The Balaban J connectivity index is 3.65. The van der Waals surface area contributed by atoms with Crippen molar-refractivity contribution in [3.63, 3.8) is 0 Å². The molecule has 0 aromatic rings. The number of likely N-dealkylation sites (N-methyl/N-ethyl adjacent to an activating group) is 1. The molecule has 0 aromatic heterocycles. The van der Waals surface area contributed by atoms with Gasteiger partial charge in [0.15, 0.2) is 0 Å². The highest BCUT2D eigenvalue weighted by Gasteiger charge is 2.09. The molecule has 7 nitrogen and oxygen atoms in total. The Morgan fingerprint density at radius 2 is 2.12 bits per heavy atom. The van der Waals surface area contributed by atoms with E-state index in [1.807, 2.05) is 0 Å². The molecule has 0 heterocycles. The van der Waals surface area contributed by atoms with E-state index < -0.39 is 6.03 Å². The summed E-state index contributed by atoms with van der Waals surface area (Å²) >= 11 is 0. The number of hydrogen-bond acceptors (Lipinski definition) is 5. The molecule has 0 aliphatic heterocycles. The van der Waals surface area contributed by atoms with Crippen molar-refractivity contribution < 1.29 is 14.3 Å². The maximum Gasteiger partial charge on any atom is 0.321 e. The molecule has 0 aliphatic carbocycles. The third-order valence-electron chi connectivity index (χ3n) is 1.77. The maximum atomic E-state index is 11.3. The zero-order chi connectivity index (χ0) is 12.4. The molecule has 0 aromatic carbocycles. The zero-order valence-corrected chi connectivity index (χ0v) is 9.78. The van der Waals surface area contributed by atoms with E-state index in [-0.39, 0.29) is 12.5 Å². The number of imide groups is 1. The Bertz CT molecular complexity index is 223. The van der Waals surface area contributed by atoms with Gasteiger partial charge < -0.3 is 15.8 Å². The van der Waals surface area contributed by atoms with Crippen molar-refractivity contribution in [3.05, 3.63) is 0 Å². The number of rotatable bonds is 7. The van der Waals surface area contributed by atoms with Crippen LogP contribution in [0.1, 0.15) is 0 Å². The van der Waals surface area contributed by atoms with Gasteiger partial charge in [0.1, 0.15) is 0 Å². The Kier molecular flexibility index (Phi) is 8.41. The van der Waals surface area contributed by atoms with E-state index in [2.05, 4.69) is 10.6 Å². The number of nitrogens with one attached hydrogen (secondary N) is 2. The van der Waals surface area contributed by atoms with E-state index in [9.17, 15) is 9.59 Å². The van der Waals surface area contributed by atoms with Crippen LogP contribution >= 0.6 is 0 Å². The topological polar surface area (TPSA) is 96.7 Å². The van der Waals surface area contributed by atoms with Crippen LogP contribution in [0.25, 0.3) is 0 Å². The molecule has 7 heteroatoms. The fourth-order valence-corrected chi connectivity index (χ4v) is 1.02. The van der Waals surface area contributed by atoms with Crippen LogP contribution in [0.2, 0.25) is 0 Å². The highest BCUT2D eigenvalue weighted by atomic mass is 16.5. The molecule has 0 fully saturated rings. The van der Waals surface area contributed by atoms with Gasteiger partial charge in [-0.2, -0.15) is 0 Å². The smallest absolute Gasteiger partial charge is 0.321 e. The van der Waals surface area contributed by atoms with Gasteiger partial charge in [0.25, 0.3) is 0 Å². The molecule has 0 aliphatic rings. The lowest BCUT2D eigenvalue weighted by Gasteiger charge is -2.14. The van der Waals surface area contributed by atoms with E-state index in [1.165, 1.54) is 7.11 Å². The van der Waals surface area contributed by atoms with E-state index in [0.29, 0.717) is 26.2 Å². The quantitative estimate of drug-likeness (QED) is 0.457. The first-order valence-corrected chi connectivity index (χ1v) is 5.05. The second-order valence-electron chi connectivity index (χ2n) is 3.32. The molecule has 0 atom stereocenters.